The molecule has 0 fully saturated rings. The first kappa shape index (κ1) is 18.4. The van der Waals surface area contributed by atoms with E-state index in [0.29, 0.717) is 6.54 Å². The Morgan fingerprint density at radius 2 is 1.77 bits per heavy atom. The van der Waals surface area contributed by atoms with Crippen LogP contribution >= 0.6 is 9.24 Å². The molecule has 3 aromatic rings. The fourth-order valence-electron chi connectivity index (χ4n) is 2.82. The van der Waals surface area contributed by atoms with Crippen LogP contribution in [0.2, 0.25) is 0 Å². The molecule has 2 aromatic carbocycles. The maximum atomic E-state index is 12.2. The Labute approximate surface area is 154 Å². The van der Waals surface area contributed by atoms with Gasteiger partial charge < -0.3 is 9.72 Å². The lowest BCUT2D eigenvalue weighted by Crippen LogP contribution is -2.24. The second-order valence-electron chi connectivity index (χ2n) is 7.37. The number of esters is 1. The number of carbonyl (C=O) groups excluding carboxylic acids is 1. The summed E-state index contributed by atoms with van der Waals surface area (Å²) in [6.07, 6.45) is 0.237. The van der Waals surface area contributed by atoms with Crippen molar-refractivity contribution in [1.29, 1.82) is 0 Å². The molecule has 6 heteroatoms. The molecule has 1 aromatic heterocycles. The fraction of sp³-hybridized carbons (Fsp3) is 0.300. The summed E-state index contributed by atoms with van der Waals surface area (Å²) in [6, 6.07) is 13.5. The zero-order valence-corrected chi connectivity index (χ0v) is 16.4. The Balaban J connectivity index is 1.76. The van der Waals surface area contributed by atoms with Gasteiger partial charge >= 0.3 is 11.7 Å². The average molecular weight is 370 g/mol. The molecule has 1 N–H and O–H groups in total. The van der Waals surface area contributed by atoms with E-state index in [1.54, 1.807) is 4.57 Å². The standard InChI is InChI=1S/C20H23N2O3P/c1-20(2,3)25-18(23)10-13-4-6-14(7-5-13)12-22-17-11-15(26)8-9-16(17)21-19(22)24/h4-9,11H,10,12,26H2,1-3H3,(H,21,24). The first-order valence-electron chi connectivity index (χ1n) is 8.49. The molecule has 5 nitrogen and oxygen atoms in total. The number of H-pyrrole nitrogens is 1. The number of nitrogens with zero attached hydrogens (tertiary/aromatic N) is 1. The van der Waals surface area contributed by atoms with Gasteiger partial charge in [-0.2, -0.15) is 0 Å². The van der Waals surface area contributed by atoms with E-state index < -0.39 is 5.60 Å². The smallest absolute Gasteiger partial charge is 0.326 e. The first-order valence-corrected chi connectivity index (χ1v) is 9.07. The van der Waals surface area contributed by atoms with Crippen LogP contribution in [-0.2, 0) is 22.5 Å². The van der Waals surface area contributed by atoms with Gasteiger partial charge in [0.1, 0.15) is 5.60 Å². The molecule has 26 heavy (non-hydrogen) atoms. The van der Waals surface area contributed by atoms with Crippen molar-refractivity contribution in [2.45, 2.75) is 39.3 Å². The summed E-state index contributed by atoms with van der Waals surface area (Å²) < 4.78 is 7.06. The summed E-state index contributed by atoms with van der Waals surface area (Å²) >= 11 is 0. The molecule has 136 valence electrons. The van der Waals surface area contributed by atoms with Gasteiger partial charge in [-0.1, -0.05) is 30.3 Å². The molecule has 0 amide bonds. The van der Waals surface area contributed by atoms with Crippen molar-refractivity contribution in [2.24, 2.45) is 0 Å². The molecule has 1 unspecified atom stereocenters. The van der Waals surface area contributed by atoms with Crippen molar-refractivity contribution in [2.75, 3.05) is 0 Å². The molecule has 1 atom stereocenters. The summed E-state index contributed by atoms with van der Waals surface area (Å²) in [4.78, 5) is 27.0. The minimum absolute atomic E-state index is 0.131. The minimum atomic E-state index is -0.482. The maximum Gasteiger partial charge on any atom is 0.326 e. The molecular formula is C20H23N2O3P. The van der Waals surface area contributed by atoms with Gasteiger partial charge in [0.15, 0.2) is 0 Å². The van der Waals surface area contributed by atoms with E-state index >= 15 is 0 Å². The van der Waals surface area contributed by atoms with Crippen molar-refractivity contribution in [3.8, 4) is 0 Å². The number of benzene rings is 2. The van der Waals surface area contributed by atoms with Crippen molar-refractivity contribution in [3.63, 3.8) is 0 Å². The van der Waals surface area contributed by atoms with Gasteiger partial charge in [0.2, 0.25) is 0 Å². The summed E-state index contributed by atoms with van der Waals surface area (Å²) in [5.74, 6) is -0.244. The number of ether oxygens (including phenoxy) is 1. The molecular weight excluding hydrogens is 347 g/mol. The Morgan fingerprint density at radius 1 is 1.12 bits per heavy atom. The van der Waals surface area contributed by atoms with Gasteiger partial charge in [-0.15, -0.1) is 9.24 Å². The molecule has 0 radical (unpaired) electrons. The van der Waals surface area contributed by atoms with E-state index in [9.17, 15) is 9.59 Å². The van der Waals surface area contributed by atoms with Crippen LogP contribution in [0.1, 0.15) is 31.9 Å². The largest absolute Gasteiger partial charge is 0.460 e. The van der Waals surface area contributed by atoms with E-state index in [4.69, 9.17) is 4.74 Å². The molecule has 0 spiro atoms. The normalized spacial score (nSPS) is 11.7. The van der Waals surface area contributed by atoms with Gasteiger partial charge in [-0.3, -0.25) is 9.36 Å². The summed E-state index contributed by atoms with van der Waals surface area (Å²) in [6.45, 7) is 6.03. The van der Waals surface area contributed by atoms with Crippen LogP contribution in [0.3, 0.4) is 0 Å². The monoisotopic (exact) mass is 370 g/mol. The van der Waals surface area contributed by atoms with Crippen molar-refractivity contribution < 1.29 is 9.53 Å². The van der Waals surface area contributed by atoms with Crippen molar-refractivity contribution in [3.05, 3.63) is 64.1 Å². The Morgan fingerprint density at radius 3 is 2.42 bits per heavy atom. The second-order valence-corrected chi connectivity index (χ2v) is 8.04. The van der Waals surface area contributed by atoms with Crippen LogP contribution in [0.5, 0.6) is 0 Å². The Bertz CT molecular complexity index is 995. The first-order chi connectivity index (χ1) is 12.2. The molecule has 0 saturated heterocycles. The predicted molar refractivity (Wildman–Crippen MR) is 107 cm³/mol. The second kappa shape index (κ2) is 7.08. The van der Waals surface area contributed by atoms with Gasteiger partial charge in [-0.25, -0.2) is 4.79 Å². The SMILES string of the molecule is CC(C)(C)OC(=O)Cc1ccc(Cn2c(=O)[nH]c3ccc(P)cc32)cc1. The molecule has 0 aliphatic heterocycles. The van der Waals surface area contributed by atoms with Crippen LogP contribution < -0.4 is 11.0 Å². The Kier molecular flexibility index (Phi) is 5.01. The van der Waals surface area contributed by atoms with Gasteiger partial charge in [0, 0.05) is 0 Å². The van der Waals surface area contributed by atoms with E-state index in [-0.39, 0.29) is 18.1 Å². The molecule has 1 heterocycles. The molecule has 0 aliphatic rings. The predicted octanol–water partition coefficient (Wildman–Crippen LogP) is 2.76. The van der Waals surface area contributed by atoms with Crippen LogP contribution in [0, 0.1) is 0 Å². The molecule has 3 rings (SSSR count). The van der Waals surface area contributed by atoms with E-state index in [0.717, 1.165) is 27.5 Å². The lowest BCUT2D eigenvalue weighted by atomic mass is 10.1. The lowest BCUT2D eigenvalue weighted by molar-refractivity contribution is -0.153. The topological polar surface area (TPSA) is 64.1 Å². The number of hydrogen-bond acceptors (Lipinski definition) is 3. The third-order valence-corrected chi connectivity index (χ3v) is 4.29. The number of carbonyl (C=O) groups is 1. The number of nitrogens with one attached hydrogen (secondary N) is 1. The van der Waals surface area contributed by atoms with Crippen molar-refractivity contribution in [1.82, 2.24) is 9.55 Å². The number of aromatic nitrogens is 2. The lowest BCUT2D eigenvalue weighted by Gasteiger charge is -2.19. The van der Waals surface area contributed by atoms with E-state index in [1.807, 2.05) is 63.2 Å². The van der Waals surface area contributed by atoms with Gasteiger partial charge in [0.25, 0.3) is 0 Å². The number of hydrogen-bond donors (Lipinski definition) is 1. The molecule has 0 bridgehead atoms. The summed E-state index contributed by atoms with van der Waals surface area (Å²) in [5, 5.41) is 1.03. The zero-order valence-electron chi connectivity index (χ0n) is 15.2. The third kappa shape index (κ3) is 4.41. The van der Waals surface area contributed by atoms with E-state index in [1.165, 1.54) is 0 Å². The Hall–Kier alpha value is -2.39. The highest BCUT2D eigenvalue weighted by molar-refractivity contribution is 7.27. The van der Waals surface area contributed by atoms with Crippen LogP contribution in [0.25, 0.3) is 11.0 Å². The highest BCUT2D eigenvalue weighted by atomic mass is 31.0. The van der Waals surface area contributed by atoms with Gasteiger partial charge in [0.05, 0.1) is 24.0 Å². The fourth-order valence-corrected chi connectivity index (χ4v) is 3.07. The summed E-state index contributed by atoms with van der Waals surface area (Å²) in [7, 11) is 2.64. The van der Waals surface area contributed by atoms with Crippen LogP contribution in [0.4, 0.5) is 0 Å². The van der Waals surface area contributed by atoms with Crippen molar-refractivity contribution >= 4 is 31.5 Å². The zero-order chi connectivity index (χ0) is 18.9. The summed E-state index contributed by atoms with van der Waals surface area (Å²) in [5.41, 5.74) is 2.97. The quantitative estimate of drug-likeness (QED) is 0.567. The van der Waals surface area contributed by atoms with Crippen LogP contribution in [-0.4, -0.2) is 21.1 Å². The van der Waals surface area contributed by atoms with Crippen LogP contribution in [0.15, 0.2) is 47.3 Å². The average Bonchev–Trinajstić information content (AvgIpc) is 2.83. The van der Waals surface area contributed by atoms with Gasteiger partial charge in [-0.05, 0) is 49.3 Å². The third-order valence-electron chi connectivity index (χ3n) is 3.93. The number of fused-ring (bicyclic) bond motifs is 1. The highest BCUT2D eigenvalue weighted by Crippen LogP contribution is 2.14. The number of imidazole rings is 1. The minimum Gasteiger partial charge on any atom is -0.460 e. The number of aromatic amines is 1. The molecule has 0 aliphatic carbocycles. The maximum absolute atomic E-state index is 12.2. The number of rotatable bonds is 4. The highest BCUT2D eigenvalue weighted by Gasteiger charge is 2.16. The molecule has 0 saturated carbocycles. The van der Waals surface area contributed by atoms with E-state index in [2.05, 4.69) is 14.2 Å².